The number of benzene rings is 1. The summed E-state index contributed by atoms with van der Waals surface area (Å²) in [5.74, 6) is -0.819. The average Bonchev–Trinajstić information content (AvgIpc) is 2.63. The third-order valence-electron chi connectivity index (χ3n) is 4.91. The van der Waals surface area contributed by atoms with E-state index >= 15 is 0 Å². The van der Waals surface area contributed by atoms with E-state index in [9.17, 15) is 35.9 Å². The predicted molar refractivity (Wildman–Crippen MR) is 90.3 cm³/mol. The van der Waals surface area contributed by atoms with E-state index in [-0.39, 0.29) is 24.4 Å². The van der Waals surface area contributed by atoms with Gasteiger partial charge in [-0.05, 0) is 55.7 Å². The van der Waals surface area contributed by atoms with Crippen molar-refractivity contribution in [1.29, 1.82) is 0 Å². The van der Waals surface area contributed by atoms with Gasteiger partial charge in [0.1, 0.15) is 0 Å². The van der Waals surface area contributed by atoms with Crippen LogP contribution in [0.15, 0.2) is 18.2 Å². The molecule has 0 aromatic heterocycles. The summed E-state index contributed by atoms with van der Waals surface area (Å²) in [6, 6.07) is 0.779. The molecule has 1 saturated carbocycles. The van der Waals surface area contributed by atoms with Crippen LogP contribution in [0.1, 0.15) is 47.2 Å². The molecule has 0 spiro atoms. The van der Waals surface area contributed by atoms with Gasteiger partial charge < -0.3 is 15.7 Å². The molecule has 0 atom stereocenters. The van der Waals surface area contributed by atoms with Gasteiger partial charge in [-0.1, -0.05) is 0 Å². The molecule has 2 amide bonds. The number of hydrogen-bond donors (Lipinski definition) is 3. The van der Waals surface area contributed by atoms with Crippen LogP contribution in [0.3, 0.4) is 0 Å². The van der Waals surface area contributed by atoms with Gasteiger partial charge in [0.25, 0.3) is 5.91 Å². The molecule has 2 rings (SSSR count). The summed E-state index contributed by atoms with van der Waals surface area (Å²) in [4.78, 5) is 22.7. The topological polar surface area (TPSA) is 78.4 Å². The Morgan fingerprint density at radius 1 is 0.828 bits per heavy atom. The zero-order valence-corrected chi connectivity index (χ0v) is 15.2. The average molecular weight is 426 g/mol. The monoisotopic (exact) mass is 426 g/mol. The van der Waals surface area contributed by atoms with Crippen molar-refractivity contribution < 1.29 is 41.0 Å². The van der Waals surface area contributed by atoms with E-state index in [2.05, 4.69) is 10.6 Å². The van der Waals surface area contributed by atoms with Crippen molar-refractivity contribution in [3.8, 4) is 0 Å². The van der Waals surface area contributed by atoms with E-state index in [1.165, 1.54) is 0 Å². The molecule has 0 aliphatic heterocycles. The van der Waals surface area contributed by atoms with Crippen molar-refractivity contribution in [3.63, 3.8) is 0 Å². The summed E-state index contributed by atoms with van der Waals surface area (Å²) in [5, 5.41) is 13.3. The lowest BCUT2D eigenvalue weighted by molar-refractivity contribution is -0.143. The number of nitrogens with one attached hydrogen (secondary N) is 2. The summed E-state index contributed by atoms with van der Waals surface area (Å²) in [7, 11) is 0. The molecule has 162 valence electrons. The van der Waals surface area contributed by atoms with Gasteiger partial charge in [-0.2, -0.15) is 26.3 Å². The smallest absolute Gasteiger partial charge is 0.416 e. The zero-order chi connectivity index (χ0) is 21.8. The maximum absolute atomic E-state index is 12.9. The standard InChI is InChI=1S/C18H20F6N2O3/c19-17(20,21)13-5-12(6-14(7-13)18(22,23)24)15(27)25-8-10-1-3-11(4-2-10)9-26-16(28)29/h5-7,10-11,26H,1-4,8-9H2,(H,25,27)(H,28,29). The molecule has 5 nitrogen and oxygen atoms in total. The quantitative estimate of drug-likeness (QED) is 0.606. The minimum Gasteiger partial charge on any atom is -0.465 e. The third kappa shape index (κ3) is 6.82. The number of rotatable bonds is 5. The van der Waals surface area contributed by atoms with Crippen molar-refractivity contribution in [3.05, 3.63) is 34.9 Å². The van der Waals surface area contributed by atoms with E-state index in [1.54, 1.807) is 0 Å². The second-order valence-electron chi connectivity index (χ2n) is 7.08. The van der Waals surface area contributed by atoms with E-state index < -0.39 is 41.0 Å². The highest BCUT2D eigenvalue weighted by atomic mass is 19.4. The first kappa shape index (κ1) is 22.8. The Hall–Kier alpha value is -2.46. The molecular weight excluding hydrogens is 406 g/mol. The Labute approximate surface area is 162 Å². The van der Waals surface area contributed by atoms with Crippen molar-refractivity contribution in [2.24, 2.45) is 11.8 Å². The molecule has 0 saturated heterocycles. The highest BCUT2D eigenvalue weighted by molar-refractivity contribution is 5.94. The predicted octanol–water partition coefficient (Wildman–Crippen LogP) is 4.53. The fourth-order valence-corrected chi connectivity index (χ4v) is 3.30. The summed E-state index contributed by atoms with van der Waals surface area (Å²) in [5.41, 5.74) is -3.78. The maximum atomic E-state index is 12.9. The fourth-order valence-electron chi connectivity index (χ4n) is 3.30. The molecule has 1 fully saturated rings. The van der Waals surface area contributed by atoms with Gasteiger partial charge in [-0.15, -0.1) is 0 Å². The normalized spacial score (nSPS) is 20.2. The number of carboxylic acid groups (broad SMARTS) is 1. The first-order valence-corrected chi connectivity index (χ1v) is 8.90. The Bertz CT molecular complexity index is 708. The van der Waals surface area contributed by atoms with Gasteiger partial charge in [-0.3, -0.25) is 4.79 Å². The van der Waals surface area contributed by atoms with Crippen molar-refractivity contribution in [2.75, 3.05) is 13.1 Å². The first-order valence-electron chi connectivity index (χ1n) is 8.90. The number of alkyl halides is 6. The van der Waals surface area contributed by atoms with Crippen LogP contribution in [0.25, 0.3) is 0 Å². The van der Waals surface area contributed by atoms with E-state index in [1.807, 2.05) is 0 Å². The summed E-state index contributed by atoms with van der Waals surface area (Å²) in [6.45, 7) is 0.439. The lowest BCUT2D eigenvalue weighted by Crippen LogP contribution is -2.34. The maximum Gasteiger partial charge on any atom is 0.416 e. The Kier molecular flexibility index (Phi) is 7.02. The largest absolute Gasteiger partial charge is 0.465 e. The summed E-state index contributed by atoms with van der Waals surface area (Å²) >= 11 is 0. The van der Waals surface area contributed by atoms with Crippen LogP contribution in [0.5, 0.6) is 0 Å². The number of hydrogen-bond acceptors (Lipinski definition) is 2. The lowest BCUT2D eigenvalue weighted by atomic mass is 9.82. The zero-order valence-electron chi connectivity index (χ0n) is 15.2. The SMILES string of the molecule is O=C(O)NCC1CCC(CNC(=O)c2cc(C(F)(F)F)cc(C(F)(F)F)c2)CC1. The minimum absolute atomic E-state index is 0.0212. The van der Waals surface area contributed by atoms with Gasteiger partial charge in [0.05, 0.1) is 11.1 Å². The van der Waals surface area contributed by atoms with Crippen molar-refractivity contribution in [2.45, 2.75) is 38.0 Å². The molecule has 1 aromatic carbocycles. The first-order chi connectivity index (χ1) is 13.4. The second-order valence-corrected chi connectivity index (χ2v) is 7.08. The molecule has 0 radical (unpaired) electrons. The van der Waals surface area contributed by atoms with Gasteiger partial charge in [0, 0.05) is 18.7 Å². The number of carbonyl (C=O) groups excluding carboxylic acids is 1. The Balaban J connectivity index is 1.98. The highest BCUT2D eigenvalue weighted by Crippen LogP contribution is 2.36. The lowest BCUT2D eigenvalue weighted by Gasteiger charge is -2.28. The van der Waals surface area contributed by atoms with Crippen LogP contribution in [0.2, 0.25) is 0 Å². The van der Waals surface area contributed by atoms with Gasteiger partial charge in [0.15, 0.2) is 0 Å². The van der Waals surface area contributed by atoms with E-state index in [4.69, 9.17) is 5.11 Å². The van der Waals surface area contributed by atoms with Crippen LogP contribution >= 0.6 is 0 Å². The summed E-state index contributed by atoms with van der Waals surface area (Å²) < 4.78 is 77.3. The molecule has 0 bridgehead atoms. The molecule has 11 heteroatoms. The molecule has 1 aliphatic carbocycles. The van der Waals surface area contributed by atoms with Crippen LogP contribution in [-0.4, -0.2) is 30.2 Å². The number of carbonyl (C=O) groups is 2. The van der Waals surface area contributed by atoms with Crippen LogP contribution in [0.4, 0.5) is 31.1 Å². The molecule has 1 aromatic rings. The molecular formula is C18H20F6N2O3. The molecule has 3 N–H and O–H groups in total. The third-order valence-corrected chi connectivity index (χ3v) is 4.91. The van der Waals surface area contributed by atoms with Gasteiger partial charge in [0.2, 0.25) is 0 Å². The van der Waals surface area contributed by atoms with Crippen LogP contribution < -0.4 is 10.6 Å². The van der Waals surface area contributed by atoms with Crippen LogP contribution in [0, 0.1) is 11.8 Å². The van der Waals surface area contributed by atoms with Gasteiger partial charge in [-0.25, -0.2) is 4.79 Å². The van der Waals surface area contributed by atoms with Crippen molar-refractivity contribution >= 4 is 12.0 Å². The molecule has 0 unspecified atom stereocenters. The summed E-state index contributed by atoms with van der Waals surface area (Å²) in [6.07, 6.45) is -8.38. The van der Waals surface area contributed by atoms with Gasteiger partial charge >= 0.3 is 18.4 Å². The Morgan fingerprint density at radius 2 is 1.24 bits per heavy atom. The minimum atomic E-state index is -5.02. The second kappa shape index (κ2) is 8.91. The molecule has 0 heterocycles. The Morgan fingerprint density at radius 3 is 1.62 bits per heavy atom. The molecule has 29 heavy (non-hydrogen) atoms. The molecule has 1 aliphatic rings. The fraction of sp³-hybridized carbons (Fsp3) is 0.556. The van der Waals surface area contributed by atoms with Crippen LogP contribution in [-0.2, 0) is 12.4 Å². The van der Waals surface area contributed by atoms with E-state index in [0.717, 1.165) is 0 Å². The van der Waals surface area contributed by atoms with Crippen molar-refractivity contribution in [1.82, 2.24) is 10.6 Å². The number of halogens is 6. The highest BCUT2D eigenvalue weighted by Gasteiger charge is 2.37. The van der Waals surface area contributed by atoms with E-state index in [0.29, 0.717) is 44.4 Å². The number of amides is 2.